The number of allylic oxidation sites excluding steroid dienone is 2. The average molecular weight is 274 g/mol. The molecule has 0 unspecified atom stereocenters. The zero-order valence-corrected chi connectivity index (χ0v) is 13.0. The number of rotatable bonds is 3. The molecule has 3 heteroatoms. The Labute approximate surface area is 121 Å². The van der Waals surface area contributed by atoms with Crippen LogP contribution in [0.3, 0.4) is 0 Å². The Balaban J connectivity index is 3.50. The lowest BCUT2D eigenvalue weighted by atomic mass is 10.00. The van der Waals surface area contributed by atoms with Crippen LogP contribution in [0.5, 0.6) is 11.5 Å². The standard InChI is InChI=1S/C17H22O3/c1-11(2)12(3)7-8-15-13(4)17(20-6)16(19-5)9-14(15)10-18/h9,18H,10H2,1-6H3. The van der Waals surface area contributed by atoms with Crippen molar-refractivity contribution in [3.63, 3.8) is 0 Å². The van der Waals surface area contributed by atoms with E-state index in [-0.39, 0.29) is 6.61 Å². The van der Waals surface area contributed by atoms with Gasteiger partial charge in [-0.2, -0.15) is 0 Å². The summed E-state index contributed by atoms with van der Waals surface area (Å²) in [6.45, 7) is 7.87. The number of aliphatic hydroxyl groups excluding tert-OH is 1. The normalized spacial score (nSPS) is 9.55. The lowest BCUT2D eigenvalue weighted by Gasteiger charge is -2.14. The molecule has 3 nitrogen and oxygen atoms in total. The Hall–Kier alpha value is -1.92. The molecule has 0 aromatic heterocycles. The molecule has 0 heterocycles. The van der Waals surface area contributed by atoms with Crippen molar-refractivity contribution in [2.24, 2.45) is 0 Å². The zero-order chi connectivity index (χ0) is 15.3. The van der Waals surface area contributed by atoms with E-state index in [0.717, 1.165) is 22.3 Å². The van der Waals surface area contributed by atoms with E-state index in [1.165, 1.54) is 5.57 Å². The number of aliphatic hydroxyl groups is 1. The predicted octanol–water partition coefficient (Wildman–Crippen LogP) is 3.21. The maximum absolute atomic E-state index is 9.52. The summed E-state index contributed by atoms with van der Waals surface area (Å²) in [5.74, 6) is 7.53. The van der Waals surface area contributed by atoms with Crippen LogP contribution in [0, 0.1) is 18.8 Å². The summed E-state index contributed by atoms with van der Waals surface area (Å²) in [7, 11) is 3.18. The second-order valence-corrected chi connectivity index (χ2v) is 4.80. The summed E-state index contributed by atoms with van der Waals surface area (Å²) in [6.07, 6.45) is 0. The molecule has 108 valence electrons. The molecule has 1 aromatic rings. The Bertz CT molecular complexity index is 582. The van der Waals surface area contributed by atoms with Crippen LogP contribution >= 0.6 is 0 Å². The van der Waals surface area contributed by atoms with Crippen LogP contribution in [-0.4, -0.2) is 19.3 Å². The number of ether oxygens (including phenoxy) is 2. The summed E-state index contributed by atoms with van der Waals surface area (Å²) >= 11 is 0. The number of benzene rings is 1. The van der Waals surface area contributed by atoms with Gasteiger partial charge >= 0.3 is 0 Å². The summed E-state index contributed by atoms with van der Waals surface area (Å²) in [4.78, 5) is 0. The number of methoxy groups -OCH3 is 2. The molecule has 1 N–H and O–H groups in total. The minimum absolute atomic E-state index is 0.0842. The topological polar surface area (TPSA) is 38.7 Å². The summed E-state index contributed by atoms with van der Waals surface area (Å²) in [6, 6.07) is 1.77. The van der Waals surface area contributed by atoms with Crippen molar-refractivity contribution in [3.8, 4) is 23.3 Å². The van der Waals surface area contributed by atoms with Gasteiger partial charge in [-0.1, -0.05) is 17.4 Å². The van der Waals surface area contributed by atoms with Crippen molar-refractivity contribution in [3.05, 3.63) is 33.9 Å². The van der Waals surface area contributed by atoms with E-state index in [1.54, 1.807) is 20.3 Å². The van der Waals surface area contributed by atoms with E-state index in [2.05, 4.69) is 11.8 Å². The highest BCUT2D eigenvalue weighted by molar-refractivity contribution is 5.60. The first-order valence-corrected chi connectivity index (χ1v) is 6.47. The first-order valence-electron chi connectivity index (χ1n) is 6.47. The van der Waals surface area contributed by atoms with Gasteiger partial charge in [0.1, 0.15) is 0 Å². The summed E-state index contributed by atoms with van der Waals surface area (Å²) in [5.41, 5.74) is 4.63. The van der Waals surface area contributed by atoms with Gasteiger partial charge in [-0.05, 0) is 44.9 Å². The number of hydrogen-bond acceptors (Lipinski definition) is 3. The third-order valence-electron chi connectivity index (χ3n) is 3.29. The van der Waals surface area contributed by atoms with E-state index >= 15 is 0 Å². The van der Waals surface area contributed by atoms with Crippen molar-refractivity contribution in [1.29, 1.82) is 0 Å². The highest BCUT2D eigenvalue weighted by Gasteiger charge is 2.14. The molecule has 0 saturated carbocycles. The first-order chi connectivity index (χ1) is 9.46. The van der Waals surface area contributed by atoms with E-state index in [0.29, 0.717) is 11.5 Å². The van der Waals surface area contributed by atoms with Crippen LogP contribution in [0.2, 0.25) is 0 Å². The zero-order valence-electron chi connectivity index (χ0n) is 13.0. The van der Waals surface area contributed by atoms with Crippen LogP contribution in [0.15, 0.2) is 17.2 Å². The molecule has 0 amide bonds. The van der Waals surface area contributed by atoms with Crippen LogP contribution in [0.4, 0.5) is 0 Å². The summed E-state index contributed by atoms with van der Waals surface area (Å²) < 4.78 is 10.7. The molecule has 0 radical (unpaired) electrons. The van der Waals surface area contributed by atoms with Gasteiger partial charge in [-0.25, -0.2) is 0 Å². The van der Waals surface area contributed by atoms with Gasteiger partial charge < -0.3 is 14.6 Å². The molecule has 20 heavy (non-hydrogen) atoms. The molecule has 0 bridgehead atoms. The second kappa shape index (κ2) is 7.02. The Kier molecular flexibility index (Phi) is 5.66. The quantitative estimate of drug-likeness (QED) is 0.860. The van der Waals surface area contributed by atoms with E-state index in [4.69, 9.17) is 9.47 Å². The van der Waals surface area contributed by atoms with Crippen molar-refractivity contribution in [1.82, 2.24) is 0 Å². The molecular formula is C17H22O3. The predicted molar refractivity (Wildman–Crippen MR) is 81.1 cm³/mol. The molecule has 0 atom stereocenters. The fraction of sp³-hybridized carbons (Fsp3) is 0.412. The lowest BCUT2D eigenvalue weighted by molar-refractivity contribution is 0.279. The SMILES string of the molecule is COc1cc(CO)c(C#CC(C)=C(C)C)c(C)c1OC. The van der Waals surface area contributed by atoms with Gasteiger partial charge in [0.15, 0.2) is 11.5 Å². The number of hydrogen-bond donors (Lipinski definition) is 1. The van der Waals surface area contributed by atoms with E-state index < -0.39 is 0 Å². The smallest absolute Gasteiger partial charge is 0.164 e. The fourth-order valence-corrected chi connectivity index (χ4v) is 1.82. The highest BCUT2D eigenvalue weighted by Crippen LogP contribution is 2.35. The molecule has 0 aliphatic carbocycles. The molecule has 0 spiro atoms. The van der Waals surface area contributed by atoms with E-state index in [9.17, 15) is 5.11 Å². The monoisotopic (exact) mass is 274 g/mol. The minimum atomic E-state index is -0.0842. The second-order valence-electron chi connectivity index (χ2n) is 4.80. The van der Waals surface area contributed by atoms with Gasteiger partial charge in [0, 0.05) is 11.1 Å². The van der Waals surface area contributed by atoms with Crippen LogP contribution in [0.25, 0.3) is 0 Å². The Morgan fingerprint density at radius 3 is 2.30 bits per heavy atom. The van der Waals surface area contributed by atoms with Gasteiger partial charge in [-0.3, -0.25) is 0 Å². The summed E-state index contributed by atoms with van der Waals surface area (Å²) in [5, 5.41) is 9.52. The molecule has 0 aliphatic rings. The molecule has 1 rings (SSSR count). The Morgan fingerprint density at radius 2 is 1.85 bits per heavy atom. The van der Waals surface area contributed by atoms with Gasteiger partial charge in [0.05, 0.1) is 20.8 Å². The Morgan fingerprint density at radius 1 is 1.20 bits per heavy atom. The largest absolute Gasteiger partial charge is 0.493 e. The van der Waals surface area contributed by atoms with E-state index in [1.807, 2.05) is 27.7 Å². The van der Waals surface area contributed by atoms with Crippen molar-refractivity contribution in [2.45, 2.75) is 34.3 Å². The van der Waals surface area contributed by atoms with Gasteiger partial charge in [-0.15, -0.1) is 0 Å². The van der Waals surface area contributed by atoms with Crippen LogP contribution in [0.1, 0.15) is 37.5 Å². The maximum atomic E-state index is 9.52. The minimum Gasteiger partial charge on any atom is -0.493 e. The van der Waals surface area contributed by atoms with Crippen molar-refractivity contribution >= 4 is 0 Å². The van der Waals surface area contributed by atoms with Crippen molar-refractivity contribution < 1.29 is 14.6 Å². The molecule has 0 fully saturated rings. The average Bonchev–Trinajstić information content (AvgIpc) is 2.44. The third kappa shape index (κ3) is 3.34. The fourth-order valence-electron chi connectivity index (χ4n) is 1.82. The molecule has 0 saturated heterocycles. The molecular weight excluding hydrogens is 252 g/mol. The van der Waals surface area contributed by atoms with Gasteiger partial charge in [0.2, 0.25) is 0 Å². The highest BCUT2D eigenvalue weighted by atomic mass is 16.5. The van der Waals surface area contributed by atoms with Crippen LogP contribution < -0.4 is 9.47 Å². The first kappa shape index (κ1) is 16.1. The lowest BCUT2D eigenvalue weighted by Crippen LogP contribution is -2.00. The molecule has 1 aromatic carbocycles. The molecule has 0 aliphatic heterocycles. The third-order valence-corrected chi connectivity index (χ3v) is 3.29. The maximum Gasteiger partial charge on any atom is 0.164 e. The van der Waals surface area contributed by atoms with Crippen LogP contribution in [-0.2, 0) is 6.61 Å². The van der Waals surface area contributed by atoms with Gasteiger partial charge in [0.25, 0.3) is 0 Å². The van der Waals surface area contributed by atoms with Crippen molar-refractivity contribution in [2.75, 3.05) is 14.2 Å².